The van der Waals surface area contributed by atoms with Crippen molar-refractivity contribution in [1.29, 1.82) is 0 Å². The Balaban J connectivity index is 1.61. The monoisotopic (exact) mass is 592 g/mol. The molecule has 10 heteroatoms. The highest BCUT2D eigenvalue weighted by Crippen LogP contribution is 2.45. The quantitative estimate of drug-likeness (QED) is 0.145. The van der Waals surface area contributed by atoms with E-state index >= 15 is 0 Å². The number of halogens is 2. The fourth-order valence-electron chi connectivity index (χ4n) is 4.69. The first kappa shape index (κ1) is 23.8. The van der Waals surface area contributed by atoms with E-state index in [2.05, 4.69) is 25.9 Å². The van der Waals surface area contributed by atoms with Gasteiger partial charge in [-0.25, -0.2) is 9.97 Å². The second-order valence-electron chi connectivity index (χ2n) is 8.76. The van der Waals surface area contributed by atoms with Crippen LogP contribution in [0.25, 0.3) is 21.6 Å². The molecular weight excluding hydrogens is 576 g/mol. The molecule has 0 radical (unpaired) electrons. The van der Waals surface area contributed by atoms with Crippen LogP contribution in [0.2, 0.25) is 5.02 Å². The SMILES string of the molecule is Cc1cccn2c(C)c(C(O)=C3C(=O)C(=O)N(c4nc5ccc(Cl)cc5s4)C3c3cccc(Br)c3)nc12. The third kappa shape index (κ3) is 3.77. The molecule has 5 aromatic rings. The minimum Gasteiger partial charge on any atom is -0.505 e. The summed E-state index contributed by atoms with van der Waals surface area (Å²) in [4.78, 5) is 37.7. The Morgan fingerprint density at radius 1 is 1.08 bits per heavy atom. The largest absolute Gasteiger partial charge is 0.505 e. The third-order valence-corrected chi connectivity index (χ3v) is 8.21. The van der Waals surface area contributed by atoms with Crippen LogP contribution in [0.3, 0.4) is 0 Å². The van der Waals surface area contributed by atoms with Crippen LogP contribution in [-0.4, -0.2) is 31.2 Å². The van der Waals surface area contributed by atoms with Gasteiger partial charge in [0.15, 0.2) is 10.9 Å². The van der Waals surface area contributed by atoms with Gasteiger partial charge in [0.25, 0.3) is 5.78 Å². The molecule has 1 aliphatic heterocycles. The maximum Gasteiger partial charge on any atom is 0.301 e. The number of Topliss-reactive ketones (excluding diaryl/α,β-unsaturated/α-hetero) is 1. The minimum absolute atomic E-state index is 0.0375. The molecule has 0 spiro atoms. The summed E-state index contributed by atoms with van der Waals surface area (Å²) in [6, 6.07) is 15.5. The standard InChI is InChI=1S/C27H18BrClN4O3S/c1-13-5-4-10-32-14(2)21(31-25(13)32)23(34)20-22(15-6-3-7-16(28)11-15)33(26(36)24(20)35)27-30-18-9-8-17(29)12-19(18)37-27/h3-12,22,34H,1-2H3. The van der Waals surface area contributed by atoms with Crippen molar-refractivity contribution < 1.29 is 14.7 Å². The molecule has 184 valence electrons. The Bertz CT molecular complexity index is 1810. The number of rotatable bonds is 3. The van der Waals surface area contributed by atoms with E-state index in [-0.39, 0.29) is 17.0 Å². The minimum atomic E-state index is -0.904. The van der Waals surface area contributed by atoms with Crippen molar-refractivity contribution in [3.63, 3.8) is 0 Å². The van der Waals surface area contributed by atoms with E-state index in [0.717, 1.165) is 14.7 Å². The number of aliphatic hydroxyl groups is 1. The number of hydrogen-bond donors (Lipinski definition) is 1. The number of nitrogens with zero attached hydrogens (tertiary/aromatic N) is 4. The average molecular weight is 594 g/mol. The number of aryl methyl sites for hydroxylation is 2. The zero-order chi connectivity index (χ0) is 26.0. The summed E-state index contributed by atoms with van der Waals surface area (Å²) in [5.41, 5.74) is 3.76. The summed E-state index contributed by atoms with van der Waals surface area (Å²) in [6.45, 7) is 3.74. The van der Waals surface area contributed by atoms with E-state index in [1.165, 1.54) is 16.2 Å². The molecule has 0 aliphatic carbocycles. The zero-order valence-corrected chi connectivity index (χ0v) is 22.7. The average Bonchev–Trinajstić information content (AvgIpc) is 3.51. The number of hydrogen-bond acceptors (Lipinski definition) is 6. The molecule has 1 N–H and O–H groups in total. The van der Waals surface area contributed by atoms with E-state index in [1.807, 2.05) is 60.8 Å². The predicted molar refractivity (Wildman–Crippen MR) is 148 cm³/mol. The van der Waals surface area contributed by atoms with Gasteiger partial charge in [-0.2, -0.15) is 0 Å². The fraction of sp³-hybridized carbons (Fsp3) is 0.111. The molecule has 7 nitrogen and oxygen atoms in total. The second-order valence-corrected chi connectivity index (χ2v) is 11.1. The summed E-state index contributed by atoms with van der Waals surface area (Å²) < 4.78 is 3.40. The van der Waals surface area contributed by atoms with Crippen LogP contribution >= 0.6 is 38.9 Å². The number of aromatic nitrogens is 3. The molecule has 3 aromatic heterocycles. The fourth-order valence-corrected chi connectivity index (χ4v) is 6.37. The molecule has 2 aromatic carbocycles. The first-order chi connectivity index (χ1) is 17.7. The first-order valence-electron chi connectivity index (χ1n) is 11.3. The van der Waals surface area contributed by atoms with Crippen LogP contribution in [0.4, 0.5) is 5.13 Å². The zero-order valence-electron chi connectivity index (χ0n) is 19.6. The summed E-state index contributed by atoms with van der Waals surface area (Å²) in [5, 5.41) is 12.5. The predicted octanol–water partition coefficient (Wildman–Crippen LogP) is 6.60. The molecule has 6 rings (SSSR count). The summed E-state index contributed by atoms with van der Waals surface area (Å²) in [7, 11) is 0. The Labute approximate surface area is 228 Å². The molecule has 1 saturated heterocycles. The normalized spacial score (nSPS) is 17.4. The second kappa shape index (κ2) is 8.79. The summed E-state index contributed by atoms with van der Waals surface area (Å²) in [5.74, 6) is -1.89. The van der Waals surface area contributed by atoms with Gasteiger partial charge in [-0.3, -0.25) is 14.5 Å². The highest BCUT2D eigenvalue weighted by atomic mass is 79.9. The molecule has 1 atom stereocenters. The number of ketones is 1. The van der Waals surface area contributed by atoms with Crippen LogP contribution in [0.1, 0.15) is 28.6 Å². The van der Waals surface area contributed by atoms with Gasteiger partial charge in [-0.1, -0.05) is 57.1 Å². The van der Waals surface area contributed by atoms with Gasteiger partial charge in [0.05, 0.1) is 27.5 Å². The number of carbonyl (C=O) groups is 2. The van der Waals surface area contributed by atoms with Crippen molar-refractivity contribution in [2.45, 2.75) is 19.9 Å². The van der Waals surface area contributed by atoms with Gasteiger partial charge in [0, 0.05) is 15.7 Å². The number of imidazole rings is 1. The lowest BCUT2D eigenvalue weighted by Crippen LogP contribution is -2.29. The van der Waals surface area contributed by atoms with Crippen LogP contribution < -0.4 is 4.90 Å². The van der Waals surface area contributed by atoms with Gasteiger partial charge in [-0.15, -0.1) is 0 Å². The molecule has 0 bridgehead atoms. The maximum atomic E-state index is 13.5. The van der Waals surface area contributed by atoms with Crippen LogP contribution in [0, 0.1) is 13.8 Å². The van der Waals surface area contributed by atoms with E-state index in [1.54, 1.807) is 18.2 Å². The number of pyridine rings is 1. The van der Waals surface area contributed by atoms with Crippen molar-refractivity contribution in [3.05, 3.63) is 98.4 Å². The Kier molecular flexibility index (Phi) is 5.67. The summed E-state index contributed by atoms with van der Waals surface area (Å²) >= 11 is 10.9. The smallest absolute Gasteiger partial charge is 0.301 e. The molecule has 4 heterocycles. The summed E-state index contributed by atoms with van der Waals surface area (Å²) in [6.07, 6.45) is 1.85. The lowest BCUT2D eigenvalue weighted by molar-refractivity contribution is -0.132. The number of thiazole rings is 1. The maximum absolute atomic E-state index is 13.5. The van der Waals surface area contributed by atoms with Gasteiger partial charge in [0.2, 0.25) is 0 Å². The Hall–Kier alpha value is -3.53. The van der Waals surface area contributed by atoms with E-state index in [9.17, 15) is 14.7 Å². The Morgan fingerprint density at radius 3 is 2.65 bits per heavy atom. The van der Waals surface area contributed by atoms with E-state index in [0.29, 0.717) is 32.6 Å². The number of amides is 1. The van der Waals surface area contributed by atoms with E-state index < -0.39 is 17.7 Å². The van der Waals surface area contributed by atoms with E-state index in [4.69, 9.17) is 11.6 Å². The van der Waals surface area contributed by atoms with Gasteiger partial charge in [0.1, 0.15) is 11.3 Å². The molecule has 37 heavy (non-hydrogen) atoms. The van der Waals surface area contributed by atoms with Gasteiger partial charge < -0.3 is 9.51 Å². The van der Waals surface area contributed by atoms with Crippen molar-refractivity contribution in [2.24, 2.45) is 0 Å². The molecule has 1 aliphatic rings. The van der Waals surface area contributed by atoms with Gasteiger partial charge >= 0.3 is 5.91 Å². The number of fused-ring (bicyclic) bond motifs is 2. The highest BCUT2D eigenvalue weighted by molar-refractivity contribution is 9.10. The van der Waals surface area contributed by atoms with Crippen LogP contribution in [-0.2, 0) is 9.59 Å². The van der Waals surface area contributed by atoms with Crippen molar-refractivity contribution in [3.8, 4) is 0 Å². The van der Waals surface area contributed by atoms with Crippen molar-refractivity contribution in [1.82, 2.24) is 14.4 Å². The van der Waals surface area contributed by atoms with Crippen molar-refractivity contribution in [2.75, 3.05) is 4.90 Å². The lowest BCUT2D eigenvalue weighted by atomic mass is 9.96. The topological polar surface area (TPSA) is 87.8 Å². The number of carbonyl (C=O) groups excluding carboxylic acids is 2. The number of benzene rings is 2. The number of anilines is 1. The lowest BCUT2D eigenvalue weighted by Gasteiger charge is -2.23. The van der Waals surface area contributed by atoms with Crippen LogP contribution in [0.15, 0.2) is 70.8 Å². The Morgan fingerprint density at radius 2 is 1.89 bits per heavy atom. The number of aliphatic hydroxyl groups excluding tert-OH is 1. The molecule has 0 saturated carbocycles. The molecule has 1 unspecified atom stereocenters. The molecular formula is C27H18BrClN4O3S. The van der Waals surface area contributed by atoms with Crippen molar-refractivity contribution >= 4 is 77.3 Å². The van der Waals surface area contributed by atoms with Crippen LogP contribution in [0.5, 0.6) is 0 Å². The first-order valence-corrected chi connectivity index (χ1v) is 13.3. The molecule has 1 amide bonds. The third-order valence-electron chi connectivity index (χ3n) is 6.46. The molecule has 1 fully saturated rings. The highest BCUT2D eigenvalue weighted by Gasteiger charge is 2.48. The van der Waals surface area contributed by atoms with Gasteiger partial charge in [-0.05, 0) is 61.4 Å².